The lowest BCUT2D eigenvalue weighted by Crippen LogP contribution is -2.02. The van der Waals surface area contributed by atoms with Crippen molar-refractivity contribution in [3.63, 3.8) is 0 Å². The number of carbonyl (C=O) groups is 1. The van der Waals surface area contributed by atoms with Crippen LogP contribution in [-0.4, -0.2) is 26.1 Å². The molecule has 0 saturated carbocycles. The van der Waals surface area contributed by atoms with Gasteiger partial charge in [0.05, 0.1) is 5.56 Å². The lowest BCUT2D eigenvalue weighted by molar-refractivity contribution is 0.0697. The van der Waals surface area contributed by atoms with E-state index in [1.807, 2.05) is 0 Å². The van der Waals surface area contributed by atoms with E-state index in [2.05, 4.69) is 26.2 Å². The first-order valence-corrected chi connectivity index (χ1v) is 5.28. The van der Waals surface area contributed by atoms with E-state index in [9.17, 15) is 4.79 Å². The second kappa shape index (κ2) is 4.05. The van der Waals surface area contributed by atoms with Crippen LogP contribution in [0.4, 0.5) is 0 Å². The third-order valence-corrected chi connectivity index (χ3v) is 2.73. The molecule has 2 aromatic rings. The molecule has 0 radical (unpaired) electrons. The maximum atomic E-state index is 11.1. The second-order valence-electron chi connectivity index (χ2n) is 3.20. The van der Waals surface area contributed by atoms with Crippen molar-refractivity contribution < 1.29 is 9.90 Å². The van der Waals surface area contributed by atoms with Gasteiger partial charge in [-0.15, -0.1) is 5.10 Å². The quantitative estimate of drug-likeness (QED) is 0.914. The molecular formula is C10H8BrN3O2. The van der Waals surface area contributed by atoms with Gasteiger partial charge in [0.2, 0.25) is 0 Å². The molecule has 2 rings (SSSR count). The Bertz CT molecular complexity index is 531. The number of halogens is 1. The Hall–Kier alpha value is -1.69. The number of hydrogen-bond donors (Lipinski definition) is 1. The first-order chi connectivity index (χ1) is 7.61. The van der Waals surface area contributed by atoms with Gasteiger partial charge in [-0.2, -0.15) is 0 Å². The summed E-state index contributed by atoms with van der Waals surface area (Å²) in [4.78, 5) is 11.1. The van der Waals surface area contributed by atoms with E-state index in [-0.39, 0.29) is 5.56 Å². The molecule has 1 N–H and O–H groups in total. The van der Waals surface area contributed by atoms with Gasteiger partial charge in [0, 0.05) is 12.6 Å². The first kappa shape index (κ1) is 10.8. The SMILES string of the molecule is Cn1nnc(Br)c1-c1ccccc1C(=O)O. The fourth-order valence-corrected chi connectivity index (χ4v) is 2.03. The van der Waals surface area contributed by atoms with Gasteiger partial charge in [-0.25, -0.2) is 9.48 Å². The van der Waals surface area contributed by atoms with Gasteiger partial charge in [0.1, 0.15) is 5.69 Å². The van der Waals surface area contributed by atoms with Crippen LogP contribution >= 0.6 is 15.9 Å². The average molecular weight is 282 g/mol. The minimum atomic E-state index is -0.969. The molecule has 0 spiro atoms. The molecule has 0 aliphatic rings. The molecule has 0 saturated heterocycles. The smallest absolute Gasteiger partial charge is 0.336 e. The number of carboxylic acid groups (broad SMARTS) is 1. The minimum absolute atomic E-state index is 0.230. The summed E-state index contributed by atoms with van der Waals surface area (Å²) in [5, 5.41) is 16.7. The van der Waals surface area contributed by atoms with Gasteiger partial charge in [0.15, 0.2) is 4.60 Å². The van der Waals surface area contributed by atoms with Crippen molar-refractivity contribution in [2.24, 2.45) is 7.05 Å². The van der Waals surface area contributed by atoms with Gasteiger partial charge in [-0.3, -0.25) is 0 Å². The third-order valence-electron chi connectivity index (χ3n) is 2.20. The summed E-state index contributed by atoms with van der Waals surface area (Å²) in [6.45, 7) is 0. The average Bonchev–Trinajstić information content (AvgIpc) is 2.58. The highest BCUT2D eigenvalue weighted by Gasteiger charge is 2.17. The number of aryl methyl sites for hydroxylation is 1. The number of benzene rings is 1. The number of rotatable bonds is 2. The van der Waals surface area contributed by atoms with Crippen molar-refractivity contribution in [2.75, 3.05) is 0 Å². The highest BCUT2D eigenvalue weighted by Crippen LogP contribution is 2.28. The predicted octanol–water partition coefficient (Wildman–Crippen LogP) is 1.94. The Kier molecular flexibility index (Phi) is 2.74. The van der Waals surface area contributed by atoms with Crippen LogP contribution in [-0.2, 0) is 7.05 Å². The lowest BCUT2D eigenvalue weighted by atomic mass is 10.1. The van der Waals surface area contributed by atoms with Crippen molar-refractivity contribution in [1.29, 1.82) is 0 Å². The van der Waals surface area contributed by atoms with E-state index in [0.717, 1.165) is 0 Å². The summed E-state index contributed by atoms with van der Waals surface area (Å²) < 4.78 is 2.06. The Morgan fingerprint density at radius 2 is 2.12 bits per heavy atom. The zero-order chi connectivity index (χ0) is 11.7. The lowest BCUT2D eigenvalue weighted by Gasteiger charge is -2.05. The highest BCUT2D eigenvalue weighted by atomic mass is 79.9. The van der Waals surface area contributed by atoms with E-state index in [1.165, 1.54) is 4.68 Å². The minimum Gasteiger partial charge on any atom is -0.478 e. The highest BCUT2D eigenvalue weighted by molar-refractivity contribution is 9.10. The van der Waals surface area contributed by atoms with Crippen molar-refractivity contribution in [3.05, 3.63) is 34.4 Å². The van der Waals surface area contributed by atoms with Gasteiger partial charge in [0.25, 0.3) is 0 Å². The van der Waals surface area contributed by atoms with Crippen LogP contribution < -0.4 is 0 Å². The standard InChI is InChI=1S/C10H8BrN3O2/c1-14-8(9(11)12-13-14)6-4-2-3-5-7(6)10(15)16/h2-5H,1H3,(H,15,16). The molecular weight excluding hydrogens is 274 g/mol. The molecule has 16 heavy (non-hydrogen) atoms. The molecule has 0 aliphatic heterocycles. The van der Waals surface area contributed by atoms with Crippen LogP contribution in [0.5, 0.6) is 0 Å². The van der Waals surface area contributed by atoms with Crippen LogP contribution in [0.15, 0.2) is 28.9 Å². The molecule has 6 heteroatoms. The van der Waals surface area contributed by atoms with Crippen LogP contribution in [0.3, 0.4) is 0 Å². The Morgan fingerprint density at radius 1 is 1.44 bits per heavy atom. The largest absolute Gasteiger partial charge is 0.478 e. The van der Waals surface area contributed by atoms with Crippen molar-refractivity contribution >= 4 is 21.9 Å². The summed E-state index contributed by atoms with van der Waals surface area (Å²) in [5.41, 5.74) is 1.47. The zero-order valence-corrected chi connectivity index (χ0v) is 9.97. The second-order valence-corrected chi connectivity index (χ2v) is 3.95. The van der Waals surface area contributed by atoms with Crippen LogP contribution in [0.2, 0.25) is 0 Å². The molecule has 0 aliphatic carbocycles. The molecule has 82 valence electrons. The van der Waals surface area contributed by atoms with E-state index in [4.69, 9.17) is 5.11 Å². The molecule has 0 amide bonds. The Balaban J connectivity index is 2.69. The predicted molar refractivity (Wildman–Crippen MR) is 61.1 cm³/mol. The summed E-state index contributed by atoms with van der Waals surface area (Å²) in [6.07, 6.45) is 0. The molecule has 1 aromatic carbocycles. The molecule has 0 atom stereocenters. The zero-order valence-electron chi connectivity index (χ0n) is 8.38. The molecule has 1 aromatic heterocycles. The molecule has 1 heterocycles. The number of hydrogen-bond acceptors (Lipinski definition) is 3. The van der Waals surface area contributed by atoms with E-state index >= 15 is 0 Å². The fraction of sp³-hybridized carbons (Fsp3) is 0.100. The topological polar surface area (TPSA) is 68.0 Å². The maximum Gasteiger partial charge on any atom is 0.336 e. The maximum absolute atomic E-state index is 11.1. The summed E-state index contributed by atoms with van der Waals surface area (Å²) in [7, 11) is 1.71. The molecule has 5 nitrogen and oxygen atoms in total. The number of aromatic carboxylic acids is 1. The summed E-state index contributed by atoms with van der Waals surface area (Å²) in [6, 6.07) is 6.75. The van der Waals surface area contributed by atoms with Crippen molar-refractivity contribution in [1.82, 2.24) is 15.0 Å². The van der Waals surface area contributed by atoms with Gasteiger partial charge >= 0.3 is 5.97 Å². The Labute approximate surface area is 99.8 Å². The monoisotopic (exact) mass is 281 g/mol. The van der Waals surface area contributed by atoms with Crippen LogP contribution in [0.1, 0.15) is 10.4 Å². The first-order valence-electron chi connectivity index (χ1n) is 4.49. The summed E-state index contributed by atoms with van der Waals surface area (Å²) >= 11 is 3.25. The van der Waals surface area contributed by atoms with Gasteiger partial charge in [-0.1, -0.05) is 23.4 Å². The van der Waals surface area contributed by atoms with Crippen LogP contribution in [0, 0.1) is 0 Å². The number of carboxylic acids is 1. The van der Waals surface area contributed by atoms with Crippen molar-refractivity contribution in [3.8, 4) is 11.3 Å². The van der Waals surface area contributed by atoms with Gasteiger partial charge in [-0.05, 0) is 22.0 Å². The van der Waals surface area contributed by atoms with Crippen LogP contribution in [0.25, 0.3) is 11.3 Å². The molecule has 0 fully saturated rings. The fourth-order valence-electron chi connectivity index (χ4n) is 1.49. The molecule has 0 bridgehead atoms. The van der Waals surface area contributed by atoms with Gasteiger partial charge < -0.3 is 5.11 Å². The number of nitrogens with zero attached hydrogens (tertiary/aromatic N) is 3. The van der Waals surface area contributed by atoms with Crippen molar-refractivity contribution in [2.45, 2.75) is 0 Å². The van der Waals surface area contributed by atoms with E-state index < -0.39 is 5.97 Å². The van der Waals surface area contributed by atoms with E-state index in [1.54, 1.807) is 31.3 Å². The normalized spacial score (nSPS) is 10.4. The Morgan fingerprint density at radius 3 is 2.69 bits per heavy atom. The van der Waals surface area contributed by atoms with E-state index in [0.29, 0.717) is 15.9 Å². The third kappa shape index (κ3) is 1.71. The summed E-state index contributed by atoms with van der Waals surface area (Å²) in [5.74, 6) is -0.969. The molecule has 0 unspecified atom stereocenters. The number of aromatic nitrogens is 3.